The van der Waals surface area contributed by atoms with Crippen LogP contribution in [0.15, 0.2) is 48.9 Å². The van der Waals surface area contributed by atoms with Gasteiger partial charge in [0.05, 0.1) is 12.4 Å². The molecule has 0 fully saturated rings. The second-order valence-electron chi connectivity index (χ2n) is 9.92. The van der Waals surface area contributed by atoms with Crippen molar-refractivity contribution < 1.29 is 13.6 Å². The molecule has 8 heteroatoms. The van der Waals surface area contributed by atoms with Gasteiger partial charge in [-0.25, -0.2) is 13.8 Å². The highest BCUT2D eigenvalue weighted by Gasteiger charge is 2.27. The number of rotatable bonds is 12. The molecule has 3 N–H and O–H groups in total. The van der Waals surface area contributed by atoms with E-state index in [2.05, 4.69) is 46.1 Å². The summed E-state index contributed by atoms with van der Waals surface area (Å²) in [6, 6.07) is 10.3. The van der Waals surface area contributed by atoms with Gasteiger partial charge in [0, 0.05) is 31.4 Å². The fourth-order valence-corrected chi connectivity index (χ4v) is 4.97. The normalized spacial score (nSPS) is 15.8. The number of fused-ring (bicyclic) bond motifs is 1. The Balaban J connectivity index is 1.24. The second-order valence-corrected chi connectivity index (χ2v) is 9.92. The molecule has 0 saturated heterocycles. The molecule has 1 aromatic heterocycles. The van der Waals surface area contributed by atoms with Crippen LogP contribution in [0.5, 0.6) is 0 Å². The van der Waals surface area contributed by atoms with Crippen LogP contribution in [0.2, 0.25) is 0 Å². The van der Waals surface area contributed by atoms with Crippen LogP contribution in [-0.4, -0.2) is 34.1 Å². The Bertz CT molecular complexity index is 1190. The van der Waals surface area contributed by atoms with Crippen LogP contribution < -0.4 is 16.0 Å². The zero-order valence-electron chi connectivity index (χ0n) is 21.7. The average molecular weight is 510 g/mol. The van der Waals surface area contributed by atoms with Crippen LogP contribution in [-0.2, 0) is 30.7 Å². The fraction of sp³-hybridized carbons (Fsp3) is 0.448. The van der Waals surface area contributed by atoms with E-state index in [9.17, 15) is 13.6 Å². The van der Waals surface area contributed by atoms with Crippen molar-refractivity contribution in [3.05, 3.63) is 82.8 Å². The lowest BCUT2D eigenvalue weighted by atomic mass is 9.87. The summed E-state index contributed by atoms with van der Waals surface area (Å²) in [5.41, 5.74) is 3.87. The van der Waals surface area contributed by atoms with Gasteiger partial charge < -0.3 is 20.5 Å². The second kappa shape index (κ2) is 12.9. The Morgan fingerprint density at radius 2 is 2.08 bits per heavy atom. The maximum atomic E-state index is 14.3. The third-order valence-electron chi connectivity index (χ3n) is 7.03. The molecular weight excluding hydrogens is 472 g/mol. The van der Waals surface area contributed by atoms with E-state index in [-0.39, 0.29) is 11.9 Å². The molecule has 1 heterocycles. The minimum atomic E-state index is -0.538. The highest BCUT2D eigenvalue weighted by atomic mass is 19.1. The number of nitrogens with zero attached hydrogens (tertiary/aromatic N) is 2. The predicted molar refractivity (Wildman–Crippen MR) is 142 cm³/mol. The van der Waals surface area contributed by atoms with Gasteiger partial charge in [0.2, 0.25) is 5.91 Å². The van der Waals surface area contributed by atoms with Gasteiger partial charge in [-0.1, -0.05) is 37.6 Å². The van der Waals surface area contributed by atoms with Crippen LogP contribution in [0.4, 0.5) is 14.6 Å². The van der Waals surface area contributed by atoms with E-state index in [1.807, 2.05) is 23.8 Å². The number of imidazole rings is 1. The molecule has 4 rings (SSSR count). The molecule has 1 aliphatic rings. The first-order valence-electron chi connectivity index (χ1n) is 13.2. The number of benzene rings is 2. The number of hydrogen-bond donors (Lipinski definition) is 3. The molecule has 0 saturated carbocycles. The Hall–Kier alpha value is -3.10. The molecule has 0 aliphatic heterocycles. The van der Waals surface area contributed by atoms with Crippen molar-refractivity contribution in [3.63, 3.8) is 0 Å². The standard InChI is InChI=1S/C29H37F2N5O/c1-3-7-27(34-24-11-10-21-14-23(30)15-26(31)25(21)16-24)29(37)35-28-18-36(19-33-28)13-6-12-32-17-22-9-5-4-8-20(22)2/h4-5,8-9,14-15,18-19,24,27,32,34H,3,6-7,10-13,16-17H2,1-2H3,(H,35,37)/t24?,27-/m0/s1. The van der Waals surface area contributed by atoms with Crippen LogP contribution in [0, 0.1) is 18.6 Å². The molecule has 198 valence electrons. The monoisotopic (exact) mass is 509 g/mol. The summed E-state index contributed by atoms with van der Waals surface area (Å²) < 4.78 is 29.8. The highest BCUT2D eigenvalue weighted by Crippen LogP contribution is 2.26. The van der Waals surface area contributed by atoms with Gasteiger partial charge in [0.25, 0.3) is 0 Å². The molecule has 1 aliphatic carbocycles. The molecule has 1 unspecified atom stereocenters. The van der Waals surface area contributed by atoms with Crippen molar-refractivity contribution in [2.75, 3.05) is 11.9 Å². The number of carbonyl (C=O) groups excluding carboxylic acids is 1. The van der Waals surface area contributed by atoms with Crippen molar-refractivity contribution in [3.8, 4) is 0 Å². The minimum absolute atomic E-state index is 0.0421. The smallest absolute Gasteiger partial charge is 0.242 e. The minimum Gasteiger partial charge on any atom is -0.335 e. The first-order chi connectivity index (χ1) is 17.9. The molecular formula is C29H37F2N5O. The van der Waals surface area contributed by atoms with E-state index in [1.165, 1.54) is 17.2 Å². The molecule has 6 nitrogen and oxygen atoms in total. The zero-order valence-corrected chi connectivity index (χ0v) is 21.7. The van der Waals surface area contributed by atoms with Crippen LogP contribution in [0.3, 0.4) is 0 Å². The number of nitrogens with one attached hydrogen (secondary N) is 3. The van der Waals surface area contributed by atoms with E-state index in [1.54, 1.807) is 6.33 Å². The maximum Gasteiger partial charge on any atom is 0.242 e. The Morgan fingerprint density at radius 3 is 2.89 bits per heavy atom. The fourth-order valence-electron chi connectivity index (χ4n) is 4.97. The third kappa shape index (κ3) is 7.46. The van der Waals surface area contributed by atoms with Crippen LogP contribution in [0.25, 0.3) is 0 Å². The van der Waals surface area contributed by atoms with Crippen molar-refractivity contribution >= 4 is 11.7 Å². The van der Waals surface area contributed by atoms with E-state index in [0.29, 0.717) is 30.6 Å². The number of amides is 1. The largest absolute Gasteiger partial charge is 0.335 e. The number of anilines is 1. The molecule has 2 aromatic carbocycles. The van der Waals surface area contributed by atoms with Gasteiger partial charge in [-0.2, -0.15) is 0 Å². The quantitative estimate of drug-likeness (QED) is 0.304. The van der Waals surface area contributed by atoms with Gasteiger partial charge in [-0.05, 0) is 73.9 Å². The van der Waals surface area contributed by atoms with E-state index in [0.717, 1.165) is 50.5 Å². The predicted octanol–water partition coefficient (Wildman–Crippen LogP) is 4.90. The van der Waals surface area contributed by atoms with Gasteiger partial charge in [0.1, 0.15) is 11.6 Å². The Morgan fingerprint density at radius 1 is 1.24 bits per heavy atom. The van der Waals surface area contributed by atoms with Crippen molar-refractivity contribution in [1.82, 2.24) is 20.2 Å². The average Bonchev–Trinajstić information content (AvgIpc) is 3.32. The maximum absolute atomic E-state index is 14.3. The summed E-state index contributed by atoms with van der Waals surface area (Å²) in [6.45, 7) is 6.68. The van der Waals surface area contributed by atoms with Gasteiger partial charge in [-0.15, -0.1) is 0 Å². The van der Waals surface area contributed by atoms with Gasteiger partial charge >= 0.3 is 0 Å². The number of aromatic nitrogens is 2. The molecule has 3 aromatic rings. The lowest BCUT2D eigenvalue weighted by molar-refractivity contribution is -0.118. The van der Waals surface area contributed by atoms with Crippen molar-refractivity contribution in [1.29, 1.82) is 0 Å². The zero-order chi connectivity index (χ0) is 26.2. The van der Waals surface area contributed by atoms with E-state index >= 15 is 0 Å². The van der Waals surface area contributed by atoms with Crippen molar-refractivity contribution in [2.24, 2.45) is 0 Å². The number of carbonyl (C=O) groups is 1. The lowest BCUT2D eigenvalue weighted by Gasteiger charge is -2.29. The molecule has 2 atom stereocenters. The number of hydrogen-bond acceptors (Lipinski definition) is 4. The van der Waals surface area contributed by atoms with E-state index in [4.69, 9.17) is 0 Å². The molecule has 1 amide bonds. The van der Waals surface area contributed by atoms with Gasteiger partial charge in [0.15, 0.2) is 5.82 Å². The first kappa shape index (κ1) is 26.9. The summed E-state index contributed by atoms with van der Waals surface area (Å²) in [4.78, 5) is 17.4. The third-order valence-corrected chi connectivity index (χ3v) is 7.03. The van der Waals surface area contributed by atoms with Crippen LogP contribution >= 0.6 is 0 Å². The summed E-state index contributed by atoms with van der Waals surface area (Å²) in [7, 11) is 0. The summed E-state index contributed by atoms with van der Waals surface area (Å²) in [5, 5.41) is 9.83. The van der Waals surface area contributed by atoms with E-state index < -0.39 is 17.7 Å². The number of aryl methyl sites for hydroxylation is 3. The summed E-state index contributed by atoms with van der Waals surface area (Å²) in [5.74, 6) is -0.661. The molecule has 0 spiro atoms. The molecule has 0 radical (unpaired) electrons. The van der Waals surface area contributed by atoms with Crippen molar-refractivity contribution in [2.45, 2.75) is 77.5 Å². The summed E-state index contributed by atoms with van der Waals surface area (Å²) >= 11 is 0. The lowest BCUT2D eigenvalue weighted by Crippen LogP contribution is -2.48. The number of halogens is 2. The van der Waals surface area contributed by atoms with Crippen LogP contribution in [0.1, 0.15) is 54.9 Å². The topological polar surface area (TPSA) is 71.0 Å². The Labute approximate surface area is 217 Å². The molecule has 37 heavy (non-hydrogen) atoms. The van der Waals surface area contributed by atoms with Gasteiger partial charge in [-0.3, -0.25) is 4.79 Å². The highest BCUT2D eigenvalue weighted by molar-refractivity contribution is 5.94. The SMILES string of the molecule is CCC[C@H](NC1CCc2cc(F)cc(F)c2C1)C(=O)Nc1cn(CCCNCc2ccccc2C)cn1. The Kier molecular flexibility index (Phi) is 9.41. The summed E-state index contributed by atoms with van der Waals surface area (Å²) in [6.07, 6.45) is 7.79. The molecule has 0 bridgehead atoms. The first-order valence-corrected chi connectivity index (χ1v) is 13.2.